The SMILES string of the molecule is CC(=O)N1c2ccc(-c3ccc(CN4CCCCC4)cc3)cc2[C@H](NC(=O)O)C[C@@H]1C.Cl. The molecule has 172 valence electrons. The summed E-state index contributed by atoms with van der Waals surface area (Å²) < 4.78 is 0. The third-order valence-electron chi connectivity index (χ3n) is 6.46. The molecule has 2 aromatic carbocycles. The fourth-order valence-electron chi connectivity index (χ4n) is 4.99. The fourth-order valence-corrected chi connectivity index (χ4v) is 4.99. The molecule has 1 saturated heterocycles. The van der Waals surface area contributed by atoms with Crippen molar-refractivity contribution in [2.75, 3.05) is 18.0 Å². The van der Waals surface area contributed by atoms with Crippen molar-refractivity contribution in [2.45, 2.75) is 58.2 Å². The zero-order chi connectivity index (χ0) is 22.0. The number of halogens is 1. The van der Waals surface area contributed by atoms with Crippen molar-refractivity contribution < 1.29 is 14.7 Å². The topological polar surface area (TPSA) is 72.9 Å². The van der Waals surface area contributed by atoms with Crippen LogP contribution in [0.2, 0.25) is 0 Å². The van der Waals surface area contributed by atoms with Crippen molar-refractivity contribution >= 4 is 30.1 Å². The normalized spacial score (nSPS) is 20.8. The van der Waals surface area contributed by atoms with E-state index < -0.39 is 6.09 Å². The second kappa shape index (κ2) is 10.4. The van der Waals surface area contributed by atoms with E-state index in [1.165, 1.54) is 37.9 Å². The monoisotopic (exact) mass is 457 g/mol. The van der Waals surface area contributed by atoms with Crippen LogP contribution in [0.1, 0.15) is 56.7 Å². The molecule has 0 aliphatic carbocycles. The van der Waals surface area contributed by atoms with E-state index >= 15 is 0 Å². The minimum absolute atomic E-state index is 0. The van der Waals surface area contributed by atoms with E-state index in [9.17, 15) is 14.7 Å². The molecule has 1 fully saturated rings. The van der Waals surface area contributed by atoms with Crippen LogP contribution in [0.25, 0.3) is 11.1 Å². The molecule has 0 unspecified atom stereocenters. The number of piperidine rings is 1. The van der Waals surface area contributed by atoms with Crippen molar-refractivity contribution in [1.29, 1.82) is 0 Å². The molecule has 2 aromatic rings. The molecule has 4 rings (SSSR count). The number of likely N-dealkylation sites (tertiary alicyclic amines) is 1. The van der Waals surface area contributed by atoms with Crippen LogP contribution in [-0.4, -0.2) is 41.1 Å². The van der Waals surface area contributed by atoms with Gasteiger partial charge in [0.05, 0.1) is 6.04 Å². The number of carbonyl (C=O) groups excluding carboxylic acids is 1. The number of carboxylic acid groups (broad SMARTS) is 1. The summed E-state index contributed by atoms with van der Waals surface area (Å²) in [4.78, 5) is 27.9. The van der Waals surface area contributed by atoms with Crippen molar-refractivity contribution in [3.05, 3.63) is 53.6 Å². The number of hydrogen-bond acceptors (Lipinski definition) is 3. The predicted molar refractivity (Wildman–Crippen MR) is 129 cm³/mol. The lowest BCUT2D eigenvalue weighted by Crippen LogP contribution is -2.45. The van der Waals surface area contributed by atoms with Gasteiger partial charge in [-0.15, -0.1) is 12.4 Å². The Morgan fingerprint density at radius 1 is 1.03 bits per heavy atom. The number of benzene rings is 2. The molecule has 32 heavy (non-hydrogen) atoms. The van der Waals surface area contributed by atoms with E-state index in [0.717, 1.165) is 28.9 Å². The van der Waals surface area contributed by atoms with E-state index in [1.54, 1.807) is 11.8 Å². The summed E-state index contributed by atoms with van der Waals surface area (Å²) in [5.41, 5.74) is 5.07. The second-order valence-electron chi connectivity index (χ2n) is 8.78. The van der Waals surface area contributed by atoms with E-state index in [4.69, 9.17) is 0 Å². The van der Waals surface area contributed by atoms with E-state index in [1.807, 2.05) is 25.1 Å². The maximum atomic E-state index is 12.2. The summed E-state index contributed by atoms with van der Waals surface area (Å²) in [5.74, 6) is -0.0302. The number of fused-ring (bicyclic) bond motifs is 1. The Balaban J connectivity index is 0.00000289. The highest BCUT2D eigenvalue weighted by atomic mass is 35.5. The molecule has 2 atom stereocenters. The van der Waals surface area contributed by atoms with Crippen molar-refractivity contribution in [3.8, 4) is 11.1 Å². The Bertz CT molecular complexity index is 957. The van der Waals surface area contributed by atoms with Crippen molar-refractivity contribution in [1.82, 2.24) is 10.2 Å². The average molecular weight is 458 g/mol. The lowest BCUT2D eigenvalue weighted by molar-refractivity contribution is -0.117. The van der Waals surface area contributed by atoms with Crippen LogP contribution in [0, 0.1) is 0 Å². The highest BCUT2D eigenvalue weighted by Gasteiger charge is 2.33. The Labute approximate surface area is 196 Å². The molecule has 0 bridgehead atoms. The average Bonchev–Trinajstić information content (AvgIpc) is 2.74. The van der Waals surface area contributed by atoms with Crippen molar-refractivity contribution in [2.24, 2.45) is 0 Å². The van der Waals surface area contributed by atoms with Crippen LogP contribution in [-0.2, 0) is 11.3 Å². The van der Waals surface area contributed by atoms with Crippen molar-refractivity contribution in [3.63, 3.8) is 0 Å². The molecular weight excluding hydrogens is 426 g/mol. The maximum absolute atomic E-state index is 12.2. The molecule has 0 aromatic heterocycles. The van der Waals surface area contributed by atoms with Gasteiger partial charge in [0.15, 0.2) is 0 Å². The highest BCUT2D eigenvalue weighted by molar-refractivity contribution is 5.94. The summed E-state index contributed by atoms with van der Waals surface area (Å²) in [5, 5.41) is 11.9. The molecule has 7 heteroatoms. The molecular formula is C25H32ClN3O3. The molecule has 2 aliphatic heterocycles. The molecule has 0 radical (unpaired) electrons. The zero-order valence-corrected chi connectivity index (χ0v) is 19.5. The zero-order valence-electron chi connectivity index (χ0n) is 18.7. The van der Waals surface area contributed by atoms with Crippen LogP contribution >= 0.6 is 12.4 Å². The largest absolute Gasteiger partial charge is 0.465 e. The Hall–Kier alpha value is -2.57. The fraction of sp³-hybridized carbons (Fsp3) is 0.440. The summed E-state index contributed by atoms with van der Waals surface area (Å²) in [7, 11) is 0. The van der Waals surface area contributed by atoms with Crippen LogP contribution in [0.15, 0.2) is 42.5 Å². The van der Waals surface area contributed by atoms with E-state index in [0.29, 0.717) is 6.42 Å². The minimum atomic E-state index is -1.05. The number of rotatable bonds is 4. The van der Waals surface area contributed by atoms with Crippen LogP contribution in [0.4, 0.5) is 10.5 Å². The third-order valence-corrected chi connectivity index (χ3v) is 6.46. The van der Waals surface area contributed by atoms with Gasteiger partial charge < -0.3 is 15.3 Å². The number of nitrogens with zero attached hydrogens (tertiary/aromatic N) is 2. The van der Waals surface area contributed by atoms with Gasteiger partial charge in [-0.05, 0) is 73.7 Å². The highest BCUT2D eigenvalue weighted by Crippen LogP contribution is 2.39. The van der Waals surface area contributed by atoms with Gasteiger partial charge in [-0.25, -0.2) is 4.79 Å². The summed E-state index contributed by atoms with van der Waals surface area (Å²) in [6, 6.07) is 14.2. The first kappa shape index (κ1) is 24.1. The Kier molecular flexibility index (Phi) is 7.80. The molecule has 0 spiro atoms. The first-order valence-corrected chi connectivity index (χ1v) is 11.2. The summed E-state index contributed by atoms with van der Waals surface area (Å²) in [6.45, 7) is 6.85. The maximum Gasteiger partial charge on any atom is 0.405 e. The lowest BCUT2D eigenvalue weighted by atomic mass is 9.89. The standard InChI is InChI=1S/C25H31N3O3.ClH/c1-17-14-23(26-25(30)31)22-15-21(10-11-24(22)28(17)18(2)29)20-8-6-19(7-9-20)16-27-12-4-3-5-13-27;/h6-11,15,17,23,26H,3-5,12-14,16H2,1-2H3,(H,30,31);1H/t17-,23+;/m0./s1. The first-order valence-electron chi connectivity index (χ1n) is 11.2. The number of anilines is 1. The molecule has 2 amide bonds. The van der Waals surface area contributed by atoms with Crippen LogP contribution < -0.4 is 10.2 Å². The van der Waals surface area contributed by atoms with Gasteiger partial charge in [0.2, 0.25) is 5.91 Å². The Morgan fingerprint density at radius 3 is 2.31 bits per heavy atom. The van der Waals surface area contributed by atoms with Crippen LogP contribution in [0.3, 0.4) is 0 Å². The van der Waals surface area contributed by atoms with Gasteiger partial charge in [0, 0.05) is 25.2 Å². The van der Waals surface area contributed by atoms with Gasteiger partial charge >= 0.3 is 6.09 Å². The minimum Gasteiger partial charge on any atom is -0.465 e. The van der Waals surface area contributed by atoms with Gasteiger partial charge in [0.1, 0.15) is 0 Å². The van der Waals surface area contributed by atoms with E-state index in [-0.39, 0.29) is 30.4 Å². The number of nitrogens with one attached hydrogen (secondary N) is 1. The molecule has 0 saturated carbocycles. The number of hydrogen-bond donors (Lipinski definition) is 2. The van der Waals surface area contributed by atoms with Gasteiger partial charge in [0.25, 0.3) is 0 Å². The first-order chi connectivity index (χ1) is 14.9. The van der Waals surface area contributed by atoms with Gasteiger partial charge in [-0.2, -0.15) is 0 Å². The molecule has 6 nitrogen and oxygen atoms in total. The van der Waals surface area contributed by atoms with E-state index in [2.05, 4.69) is 34.5 Å². The molecule has 2 heterocycles. The summed E-state index contributed by atoms with van der Waals surface area (Å²) >= 11 is 0. The molecule has 2 aliphatic rings. The molecule has 2 N–H and O–H groups in total. The lowest BCUT2D eigenvalue weighted by Gasteiger charge is -2.39. The Morgan fingerprint density at radius 2 is 1.69 bits per heavy atom. The smallest absolute Gasteiger partial charge is 0.405 e. The predicted octanol–water partition coefficient (Wildman–Crippen LogP) is 5.22. The summed E-state index contributed by atoms with van der Waals surface area (Å²) in [6.07, 6.45) is 3.41. The van der Waals surface area contributed by atoms with Gasteiger partial charge in [-0.1, -0.05) is 36.8 Å². The second-order valence-corrected chi connectivity index (χ2v) is 8.78. The number of amides is 2. The van der Waals surface area contributed by atoms with Crippen LogP contribution in [0.5, 0.6) is 0 Å². The number of carbonyl (C=O) groups is 2. The quantitative estimate of drug-likeness (QED) is 0.660. The third kappa shape index (κ3) is 5.25. The van der Waals surface area contributed by atoms with Gasteiger partial charge in [-0.3, -0.25) is 9.69 Å².